The van der Waals surface area contributed by atoms with Gasteiger partial charge < -0.3 is 23.7 Å². The van der Waals surface area contributed by atoms with Crippen molar-refractivity contribution in [3.8, 4) is 17.0 Å². The third-order valence-corrected chi connectivity index (χ3v) is 6.16. The number of thiophene rings is 1. The van der Waals surface area contributed by atoms with Crippen LogP contribution >= 0.6 is 11.3 Å². The molecule has 0 bridgehead atoms. The summed E-state index contributed by atoms with van der Waals surface area (Å²) in [7, 11) is 0. The average Bonchev–Trinajstić information content (AvgIpc) is 3.23. The lowest BCUT2D eigenvalue weighted by Gasteiger charge is -2.28. The van der Waals surface area contributed by atoms with Crippen LogP contribution in [0.25, 0.3) is 21.5 Å². The summed E-state index contributed by atoms with van der Waals surface area (Å²) in [6.07, 6.45) is 2.88. The van der Waals surface area contributed by atoms with Crippen LogP contribution in [0.2, 0.25) is 0 Å². The predicted octanol–water partition coefficient (Wildman–Crippen LogP) is 2.66. The molecule has 0 spiro atoms. The summed E-state index contributed by atoms with van der Waals surface area (Å²) in [5.41, 5.74) is 2.36. The number of aromatic nitrogens is 1. The van der Waals surface area contributed by atoms with Gasteiger partial charge in [-0.15, -0.1) is 11.3 Å². The van der Waals surface area contributed by atoms with E-state index >= 15 is 0 Å². The quantitative estimate of drug-likeness (QED) is 0.597. The monoisotopic (exact) mass is 425 g/mol. The van der Waals surface area contributed by atoms with Gasteiger partial charge in [0.1, 0.15) is 11.3 Å². The van der Waals surface area contributed by atoms with Gasteiger partial charge in [-0.05, 0) is 12.1 Å². The first-order valence-corrected chi connectivity index (χ1v) is 10.5. The number of hydrogen-bond acceptors (Lipinski definition) is 8. The maximum atomic E-state index is 12.7. The lowest BCUT2D eigenvalue weighted by Crippen LogP contribution is -2.36. The Hall–Kier alpha value is -3.17. The van der Waals surface area contributed by atoms with Gasteiger partial charge in [-0.3, -0.25) is 14.6 Å². The van der Waals surface area contributed by atoms with Gasteiger partial charge in [0.15, 0.2) is 17.2 Å². The Bertz CT molecular complexity index is 1200. The summed E-state index contributed by atoms with van der Waals surface area (Å²) in [6.45, 7) is 6.93. The van der Waals surface area contributed by atoms with Crippen LogP contribution in [0.1, 0.15) is 0 Å². The zero-order chi connectivity index (χ0) is 20.7. The van der Waals surface area contributed by atoms with E-state index in [2.05, 4.69) is 11.6 Å². The molecule has 3 aromatic heterocycles. The van der Waals surface area contributed by atoms with Crippen LogP contribution < -0.4 is 20.0 Å². The smallest absolute Gasteiger partial charge is 0.250 e. The van der Waals surface area contributed by atoms with Crippen molar-refractivity contribution in [1.29, 1.82) is 0 Å². The van der Waals surface area contributed by atoms with Gasteiger partial charge in [0.2, 0.25) is 5.43 Å². The van der Waals surface area contributed by atoms with Crippen molar-refractivity contribution in [3.63, 3.8) is 0 Å². The second-order valence-electron chi connectivity index (χ2n) is 6.94. The first kappa shape index (κ1) is 18.8. The summed E-state index contributed by atoms with van der Waals surface area (Å²) in [4.78, 5) is 33.1. The SMILES string of the molecule is C=CC(=O)N1CCOc2cnc(-c3csc4c(=O)cc(N5CCOCC5)oc34)cc21. The molecule has 30 heavy (non-hydrogen) atoms. The van der Waals surface area contributed by atoms with Crippen molar-refractivity contribution >= 4 is 39.1 Å². The van der Waals surface area contributed by atoms with E-state index in [1.54, 1.807) is 17.2 Å². The normalized spacial score (nSPS) is 16.3. The molecule has 0 atom stereocenters. The van der Waals surface area contributed by atoms with Gasteiger partial charge in [-0.25, -0.2) is 0 Å². The van der Waals surface area contributed by atoms with E-state index in [1.165, 1.54) is 23.5 Å². The second-order valence-corrected chi connectivity index (χ2v) is 7.82. The molecule has 5 rings (SSSR count). The molecule has 8 nitrogen and oxygen atoms in total. The van der Waals surface area contributed by atoms with Gasteiger partial charge in [-0.1, -0.05) is 6.58 Å². The van der Waals surface area contributed by atoms with Crippen LogP contribution in [0.4, 0.5) is 11.6 Å². The summed E-state index contributed by atoms with van der Waals surface area (Å²) < 4.78 is 17.7. The molecular weight excluding hydrogens is 406 g/mol. The number of carbonyl (C=O) groups excluding carboxylic acids is 1. The van der Waals surface area contributed by atoms with Crippen LogP contribution in [0.3, 0.4) is 0 Å². The number of nitrogens with zero attached hydrogens (tertiary/aromatic N) is 3. The summed E-state index contributed by atoms with van der Waals surface area (Å²) in [5.74, 6) is 0.864. The molecule has 1 saturated heterocycles. The fourth-order valence-corrected chi connectivity index (χ4v) is 4.55. The van der Waals surface area contributed by atoms with Gasteiger partial charge in [0, 0.05) is 24.5 Å². The van der Waals surface area contributed by atoms with Gasteiger partial charge in [0.05, 0.1) is 42.9 Å². The number of anilines is 2. The lowest BCUT2D eigenvalue weighted by atomic mass is 10.1. The highest BCUT2D eigenvalue weighted by atomic mass is 32.1. The first-order chi connectivity index (χ1) is 14.7. The van der Waals surface area contributed by atoms with Crippen LogP contribution in [-0.2, 0) is 9.53 Å². The molecule has 2 aliphatic rings. The Labute approximate surface area is 175 Å². The molecule has 1 amide bonds. The van der Waals surface area contributed by atoms with Gasteiger partial charge in [0.25, 0.3) is 5.91 Å². The van der Waals surface area contributed by atoms with E-state index in [-0.39, 0.29) is 11.3 Å². The molecule has 0 unspecified atom stereocenters. The van der Waals surface area contributed by atoms with Gasteiger partial charge >= 0.3 is 0 Å². The third kappa shape index (κ3) is 3.16. The van der Waals surface area contributed by atoms with Crippen molar-refractivity contribution in [2.75, 3.05) is 49.3 Å². The molecule has 3 aromatic rings. The molecule has 154 valence electrons. The minimum absolute atomic E-state index is 0.0845. The lowest BCUT2D eigenvalue weighted by molar-refractivity contribution is -0.114. The number of rotatable bonds is 3. The molecule has 2 aliphatic heterocycles. The van der Waals surface area contributed by atoms with E-state index in [0.717, 1.165) is 0 Å². The summed E-state index contributed by atoms with van der Waals surface area (Å²) in [6, 6.07) is 3.32. The highest BCUT2D eigenvalue weighted by Gasteiger charge is 2.25. The molecule has 0 radical (unpaired) electrons. The Kier molecular flexibility index (Phi) is 4.76. The van der Waals surface area contributed by atoms with Crippen LogP contribution in [0, 0.1) is 0 Å². The van der Waals surface area contributed by atoms with Crippen molar-refractivity contribution in [3.05, 3.63) is 46.6 Å². The highest BCUT2D eigenvalue weighted by molar-refractivity contribution is 7.17. The van der Waals surface area contributed by atoms with Crippen molar-refractivity contribution in [2.45, 2.75) is 0 Å². The largest absolute Gasteiger partial charge is 0.488 e. The topological polar surface area (TPSA) is 85.1 Å². The molecule has 0 saturated carbocycles. The fourth-order valence-electron chi connectivity index (χ4n) is 3.65. The van der Waals surface area contributed by atoms with Gasteiger partial charge in [-0.2, -0.15) is 0 Å². The number of morpholine rings is 1. The Morgan fingerprint density at radius 2 is 2.03 bits per heavy atom. The van der Waals surface area contributed by atoms with Crippen LogP contribution in [0.15, 0.2) is 45.6 Å². The van der Waals surface area contributed by atoms with E-state index in [9.17, 15) is 9.59 Å². The Balaban J connectivity index is 1.61. The highest BCUT2D eigenvalue weighted by Crippen LogP contribution is 2.38. The van der Waals surface area contributed by atoms with Crippen LogP contribution in [-0.4, -0.2) is 50.3 Å². The molecule has 9 heteroatoms. The zero-order valence-corrected chi connectivity index (χ0v) is 16.9. The van der Waals surface area contributed by atoms with E-state index in [0.29, 0.717) is 78.3 Å². The Morgan fingerprint density at radius 3 is 2.83 bits per heavy atom. The minimum Gasteiger partial charge on any atom is -0.488 e. The van der Waals surface area contributed by atoms with Crippen molar-refractivity contribution in [1.82, 2.24) is 4.98 Å². The number of carbonyl (C=O) groups is 1. The average molecular weight is 425 g/mol. The summed E-state index contributed by atoms with van der Waals surface area (Å²) in [5, 5.41) is 1.86. The van der Waals surface area contributed by atoms with Crippen molar-refractivity contribution in [2.24, 2.45) is 0 Å². The zero-order valence-electron chi connectivity index (χ0n) is 16.1. The standard InChI is InChI=1S/C21H19N3O5S/c1-2-18(26)24-5-8-28-17-11-22-14(9-15(17)24)13-12-30-21-16(25)10-19(29-20(13)21)23-3-6-27-7-4-23/h2,9-12H,1,3-8H2. The third-order valence-electron chi connectivity index (χ3n) is 5.18. The molecule has 0 N–H and O–H groups in total. The predicted molar refractivity (Wildman–Crippen MR) is 115 cm³/mol. The second kappa shape index (κ2) is 7.58. The summed E-state index contributed by atoms with van der Waals surface area (Å²) >= 11 is 1.32. The number of pyridine rings is 1. The molecule has 5 heterocycles. The van der Waals surface area contributed by atoms with E-state index in [4.69, 9.17) is 13.9 Å². The molecular formula is C21H19N3O5S. The number of hydrogen-bond donors (Lipinski definition) is 0. The first-order valence-electron chi connectivity index (χ1n) is 9.61. The van der Waals surface area contributed by atoms with E-state index in [1.807, 2.05) is 10.3 Å². The van der Waals surface area contributed by atoms with E-state index < -0.39 is 0 Å². The Morgan fingerprint density at radius 1 is 1.20 bits per heavy atom. The molecule has 0 aliphatic carbocycles. The molecule has 1 fully saturated rings. The maximum absolute atomic E-state index is 12.7. The molecule has 0 aromatic carbocycles. The fraction of sp³-hybridized carbons (Fsp3) is 0.286. The maximum Gasteiger partial charge on any atom is 0.250 e. The van der Waals surface area contributed by atoms with Crippen LogP contribution in [0.5, 0.6) is 5.75 Å². The minimum atomic E-state index is -0.201. The number of ether oxygens (including phenoxy) is 2. The van der Waals surface area contributed by atoms with Crippen molar-refractivity contribution < 1.29 is 18.7 Å². The number of fused-ring (bicyclic) bond motifs is 2. The number of amides is 1.